The summed E-state index contributed by atoms with van der Waals surface area (Å²) in [7, 11) is 1.58. The second-order valence-corrected chi connectivity index (χ2v) is 10.5. The zero-order chi connectivity index (χ0) is 31.5. The van der Waals surface area contributed by atoms with Gasteiger partial charge in [-0.1, -0.05) is 35.9 Å². The van der Waals surface area contributed by atoms with E-state index in [1.54, 1.807) is 43.4 Å². The lowest BCUT2D eigenvalue weighted by molar-refractivity contribution is -0.138. The molecule has 2 N–H and O–H groups in total. The third-order valence-electron chi connectivity index (χ3n) is 7.04. The first-order valence-corrected chi connectivity index (χ1v) is 13.5. The average Bonchev–Trinajstić information content (AvgIpc) is 2.94. The molecule has 3 amide bonds. The summed E-state index contributed by atoms with van der Waals surface area (Å²) in [6.45, 7) is 1.78. The molecular formula is C30H28ClF3N4O5. The summed E-state index contributed by atoms with van der Waals surface area (Å²) in [5, 5.41) is 12.9. The number of pyridine rings is 1. The minimum atomic E-state index is -4.58. The first kappa shape index (κ1) is 31.4. The van der Waals surface area contributed by atoms with Crippen molar-refractivity contribution in [2.75, 3.05) is 20.1 Å². The summed E-state index contributed by atoms with van der Waals surface area (Å²) in [6, 6.07) is 13.0. The number of alkyl halides is 3. The summed E-state index contributed by atoms with van der Waals surface area (Å²) < 4.78 is 40.1. The van der Waals surface area contributed by atoms with Crippen LogP contribution in [0.15, 0.2) is 82.9 Å². The number of nitrogens with zero attached hydrogens (tertiary/aromatic N) is 3. The third kappa shape index (κ3) is 7.26. The van der Waals surface area contributed by atoms with Crippen molar-refractivity contribution < 1.29 is 32.7 Å². The Morgan fingerprint density at radius 3 is 2.40 bits per heavy atom. The maximum Gasteiger partial charge on any atom is 0.417 e. The fourth-order valence-corrected chi connectivity index (χ4v) is 5.08. The number of hydrogen-bond donors (Lipinski definition) is 2. The lowest BCUT2D eigenvalue weighted by Crippen LogP contribution is -2.49. The van der Waals surface area contributed by atoms with E-state index in [4.69, 9.17) is 11.6 Å². The second kappa shape index (κ2) is 12.7. The fraction of sp³-hybridized carbons (Fsp3) is 0.267. The molecule has 0 saturated heterocycles. The Balaban J connectivity index is 1.42. The lowest BCUT2D eigenvalue weighted by Gasteiger charge is -2.37. The molecule has 0 fully saturated rings. The Kier molecular flexibility index (Phi) is 9.29. The highest BCUT2D eigenvalue weighted by atomic mass is 35.5. The van der Waals surface area contributed by atoms with Crippen molar-refractivity contribution in [3.05, 3.63) is 116 Å². The Labute approximate surface area is 249 Å². The van der Waals surface area contributed by atoms with Crippen molar-refractivity contribution in [2.24, 2.45) is 0 Å². The number of carbonyl (C=O) groups excluding carboxylic acids is 2. The number of allylic oxidation sites excluding steroid dienone is 1. The average molecular weight is 617 g/mol. The SMILES string of the molecule is CC1=C(C(=O)O)C(c2cccc(Cl)c2)N(CCCN(C)C(=O)c2ccc(Cn3cc(C(F)(F)F)ccc3=O)cc2)C(=O)N1. The van der Waals surface area contributed by atoms with Crippen LogP contribution in [0, 0.1) is 0 Å². The second-order valence-electron chi connectivity index (χ2n) is 10.1. The zero-order valence-electron chi connectivity index (χ0n) is 23.2. The molecule has 3 aromatic rings. The lowest BCUT2D eigenvalue weighted by atomic mass is 9.93. The highest BCUT2D eigenvalue weighted by Gasteiger charge is 2.37. The molecule has 43 heavy (non-hydrogen) atoms. The van der Waals surface area contributed by atoms with Crippen molar-refractivity contribution in [1.29, 1.82) is 0 Å². The van der Waals surface area contributed by atoms with Gasteiger partial charge >= 0.3 is 18.2 Å². The standard InChI is InChI=1S/C30H28ClF3N4O5/c1-18-25(28(41)42)26(21-5-3-6-23(31)15-21)38(29(43)35-18)14-4-13-36(2)27(40)20-9-7-19(8-10-20)16-37-17-22(30(32,33)34)11-12-24(37)39/h3,5-12,15,17,26H,4,13-14,16H2,1-2H3,(H,35,43)(H,41,42). The van der Waals surface area contributed by atoms with Crippen molar-refractivity contribution in [3.8, 4) is 0 Å². The van der Waals surface area contributed by atoms with Crippen LogP contribution in [0.1, 0.15) is 46.4 Å². The van der Waals surface area contributed by atoms with E-state index in [1.165, 1.54) is 28.9 Å². The Morgan fingerprint density at radius 1 is 1.07 bits per heavy atom. The molecule has 1 unspecified atom stereocenters. The van der Waals surface area contributed by atoms with E-state index in [-0.39, 0.29) is 36.8 Å². The van der Waals surface area contributed by atoms with Crippen LogP contribution in [0.4, 0.5) is 18.0 Å². The van der Waals surface area contributed by atoms with Crippen molar-refractivity contribution in [2.45, 2.75) is 32.1 Å². The Bertz CT molecular complexity index is 1640. The third-order valence-corrected chi connectivity index (χ3v) is 7.28. The van der Waals surface area contributed by atoms with Gasteiger partial charge in [0, 0.05) is 48.7 Å². The molecule has 0 spiro atoms. The molecule has 1 atom stereocenters. The van der Waals surface area contributed by atoms with Gasteiger partial charge in [0.2, 0.25) is 0 Å². The zero-order valence-corrected chi connectivity index (χ0v) is 23.9. The largest absolute Gasteiger partial charge is 0.478 e. The highest BCUT2D eigenvalue weighted by molar-refractivity contribution is 6.30. The van der Waals surface area contributed by atoms with Gasteiger partial charge in [-0.15, -0.1) is 0 Å². The molecule has 1 aliphatic rings. The molecule has 1 aromatic heterocycles. The number of rotatable bonds is 9. The van der Waals surface area contributed by atoms with E-state index in [0.717, 1.165) is 22.9 Å². The number of aliphatic carboxylic acids is 1. The molecule has 1 aliphatic heterocycles. The van der Waals surface area contributed by atoms with Gasteiger partial charge in [-0.3, -0.25) is 9.59 Å². The van der Waals surface area contributed by atoms with E-state index >= 15 is 0 Å². The van der Waals surface area contributed by atoms with Crippen LogP contribution >= 0.6 is 11.6 Å². The molecule has 0 radical (unpaired) electrons. The molecule has 0 aliphatic carbocycles. The summed E-state index contributed by atoms with van der Waals surface area (Å²) in [5.41, 5.74) is 0.103. The molecular weight excluding hydrogens is 589 g/mol. The highest BCUT2D eigenvalue weighted by Crippen LogP contribution is 2.35. The number of carboxylic acid groups (broad SMARTS) is 1. The smallest absolute Gasteiger partial charge is 0.417 e. The van der Waals surface area contributed by atoms with Gasteiger partial charge in [0.05, 0.1) is 23.7 Å². The van der Waals surface area contributed by atoms with Crippen LogP contribution < -0.4 is 10.9 Å². The predicted octanol–water partition coefficient (Wildman–Crippen LogP) is 5.16. The maximum absolute atomic E-state index is 13.0. The van der Waals surface area contributed by atoms with E-state index in [9.17, 15) is 37.5 Å². The molecule has 0 bridgehead atoms. The van der Waals surface area contributed by atoms with Gasteiger partial charge in [-0.2, -0.15) is 13.2 Å². The molecule has 2 heterocycles. The van der Waals surface area contributed by atoms with Gasteiger partial charge in [0.15, 0.2) is 0 Å². The van der Waals surface area contributed by atoms with E-state index in [1.807, 2.05) is 0 Å². The predicted molar refractivity (Wildman–Crippen MR) is 153 cm³/mol. The van der Waals surface area contributed by atoms with Gasteiger partial charge in [0.25, 0.3) is 11.5 Å². The van der Waals surface area contributed by atoms with Gasteiger partial charge in [0.1, 0.15) is 0 Å². The molecule has 9 nitrogen and oxygen atoms in total. The van der Waals surface area contributed by atoms with Crippen molar-refractivity contribution in [1.82, 2.24) is 19.7 Å². The maximum atomic E-state index is 13.0. The first-order chi connectivity index (χ1) is 20.3. The number of nitrogens with one attached hydrogen (secondary N) is 1. The number of amides is 3. The summed E-state index contributed by atoms with van der Waals surface area (Å²) >= 11 is 6.15. The molecule has 13 heteroatoms. The quantitative estimate of drug-likeness (QED) is 0.345. The van der Waals surface area contributed by atoms with Crippen LogP contribution in [0.3, 0.4) is 0 Å². The summed E-state index contributed by atoms with van der Waals surface area (Å²) in [6.07, 6.45) is -3.50. The minimum absolute atomic E-state index is 0.0128. The van der Waals surface area contributed by atoms with Gasteiger partial charge < -0.3 is 24.8 Å². The molecule has 0 saturated carbocycles. The fourth-order valence-electron chi connectivity index (χ4n) is 4.88. The van der Waals surface area contributed by atoms with Crippen LogP contribution in [0.25, 0.3) is 0 Å². The number of urea groups is 1. The Hall–Kier alpha value is -4.58. The minimum Gasteiger partial charge on any atom is -0.478 e. The molecule has 4 rings (SSSR count). The normalized spacial score (nSPS) is 15.3. The van der Waals surface area contributed by atoms with Crippen molar-refractivity contribution in [3.63, 3.8) is 0 Å². The molecule has 2 aromatic carbocycles. The van der Waals surface area contributed by atoms with Crippen molar-refractivity contribution >= 4 is 29.5 Å². The topological polar surface area (TPSA) is 112 Å². The van der Waals surface area contributed by atoms with Crippen LogP contribution in [-0.4, -0.2) is 57.5 Å². The number of aromatic nitrogens is 1. The number of benzene rings is 2. The van der Waals surface area contributed by atoms with Crippen LogP contribution in [-0.2, 0) is 17.5 Å². The summed E-state index contributed by atoms with van der Waals surface area (Å²) in [5.74, 6) is -1.51. The van der Waals surface area contributed by atoms with Crippen LogP contribution in [0.5, 0.6) is 0 Å². The number of carboxylic acids is 1. The molecule has 226 valence electrons. The monoisotopic (exact) mass is 616 g/mol. The van der Waals surface area contributed by atoms with E-state index in [0.29, 0.717) is 28.1 Å². The number of hydrogen-bond acceptors (Lipinski definition) is 4. The van der Waals surface area contributed by atoms with Crippen LogP contribution in [0.2, 0.25) is 5.02 Å². The van der Waals surface area contributed by atoms with E-state index < -0.39 is 35.3 Å². The number of carbonyl (C=O) groups is 3. The Morgan fingerprint density at radius 2 is 1.77 bits per heavy atom. The summed E-state index contributed by atoms with van der Waals surface area (Å²) in [4.78, 5) is 53.0. The van der Waals surface area contributed by atoms with Gasteiger partial charge in [-0.05, 0) is 54.8 Å². The number of halogens is 4. The first-order valence-electron chi connectivity index (χ1n) is 13.2. The van der Waals surface area contributed by atoms with E-state index in [2.05, 4.69) is 5.32 Å². The van der Waals surface area contributed by atoms with Gasteiger partial charge in [-0.25, -0.2) is 9.59 Å².